The van der Waals surface area contributed by atoms with Gasteiger partial charge in [0.05, 0.1) is 11.4 Å². The van der Waals surface area contributed by atoms with Gasteiger partial charge in [0.25, 0.3) is 0 Å². The number of phenolic OH excluding ortho intramolecular Hbond substituents is 1. The molecule has 0 saturated carbocycles. The molecule has 1 aromatic rings. The van der Waals surface area contributed by atoms with Crippen molar-refractivity contribution in [1.29, 1.82) is 0 Å². The predicted molar refractivity (Wildman–Crippen MR) is 45.2 cm³/mol. The molecule has 0 aliphatic heterocycles. The Labute approximate surface area is 65.0 Å². The van der Waals surface area contributed by atoms with Gasteiger partial charge in [-0.25, -0.2) is 5.43 Å². The third kappa shape index (κ3) is 1.75. The molecule has 0 aliphatic carbocycles. The molecule has 1 rings (SSSR count). The van der Waals surface area contributed by atoms with Gasteiger partial charge in [-0.05, 0) is 12.1 Å². The van der Waals surface area contributed by atoms with Gasteiger partial charge in [0.15, 0.2) is 0 Å². The maximum Gasteiger partial charge on any atom is 0.117 e. The Hall–Kier alpha value is -1.42. The molecule has 4 heteroatoms. The lowest BCUT2D eigenvalue weighted by atomic mass is 10.2. The molecule has 0 spiro atoms. The third-order valence-corrected chi connectivity index (χ3v) is 1.29. The Morgan fingerprint density at radius 2 is 2.18 bits per heavy atom. The SMILES string of the molecule is CNNc1ccc(O)cc1N. The Bertz CT molecular complexity index is 249. The average Bonchev–Trinajstić information content (AvgIpc) is 1.95. The van der Waals surface area contributed by atoms with Gasteiger partial charge in [0, 0.05) is 13.1 Å². The van der Waals surface area contributed by atoms with Gasteiger partial charge >= 0.3 is 0 Å². The van der Waals surface area contributed by atoms with Crippen LogP contribution in [-0.2, 0) is 0 Å². The number of nitrogens with one attached hydrogen (secondary N) is 2. The topological polar surface area (TPSA) is 70.3 Å². The maximum absolute atomic E-state index is 8.98. The van der Waals surface area contributed by atoms with Crippen LogP contribution >= 0.6 is 0 Å². The van der Waals surface area contributed by atoms with Crippen LogP contribution in [-0.4, -0.2) is 12.2 Å². The quantitative estimate of drug-likeness (QED) is 0.284. The number of aromatic hydroxyl groups is 1. The summed E-state index contributed by atoms with van der Waals surface area (Å²) in [5.74, 6) is 0.171. The fourth-order valence-corrected chi connectivity index (χ4v) is 0.799. The van der Waals surface area contributed by atoms with Crippen LogP contribution < -0.4 is 16.6 Å². The van der Waals surface area contributed by atoms with E-state index in [2.05, 4.69) is 10.9 Å². The molecule has 0 unspecified atom stereocenters. The molecule has 5 N–H and O–H groups in total. The minimum absolute atomic E-state index is 0.171. The normalized spacial score (nSPS) is 9.55. The molecule has 0 aliphatic rings. The summed E-state index contributed by atoms with van der Waals surface area (Å²) >= 11 is 0. The number of rotatable bonds is 2. The van der Waals surface area contributed by atoms with Crippen molar-refractivity contribution < 1.29 is 5.11 Å². The Balaban J connectivity index is 2.90. The van der Waals surface area contributed by atoms with Crippen LogP contribution in [0.5, 0.6) is 5.75 Å². The number of hydrazine groups is 1. The molecule has 0 bridgehead atoms. The van der Waals surface area contributed by atoms with E-state index >= 15 is 0 Å². The summed E-state index contributed by atoms with van der Waals surface area (Å²) in [6.07, 6.45) is 0. The highest BCUT2D eigenvalue weighted by atomic mass is 16.3. The van der Waals surface area contributed by atoms with Crippen molar-refractivity contribution in [2.45, 2.75) is 0 Å². The fourth-order valence-electron chi connectivity index (χ4n) is 0.799. The summed E-state index contributed by atoms with van der Waals surface area (Å²) in [7, 11) is 1.74. The van der Waals surface area contributed by atoms with Crippen molar-refractivity contribution in [3.8, 4) is 5.75 Å². The molecule has 1 aromatic carbocycles. The van der Waals surface area contributed by atoms with Crippen LogP contribution in [0.15, 0.2) is 18.2 Å². The fraction of sp³-hybridized carbons (Fsp3) is 0.143. The van der Waals surface area contributed by atoms with Crippen molar-refractivity contribution in [2.75, 3.05) is 18.2 Å². The van der Waals surface area contributed by atoms with Crippen LogP contribution in [0, 0.1) is 0 Å². The van der Waals surface area contributed by atoms with Crippen LogP contribution in [0.3, 0.4) is 0 Å². The predicted octanol–water partition coefficient (Wildman–Crippen LogP) is 0.521. The van der Waals surface area contributed by atoms with Gasteiger partial charge < -0.3 is 16.3 Å². The largest absolute Gasteiger partial charge is 0.508 e. The molecular formula is C7H11N3O. The number of benzene rings is 1. The van der Waals surface area contributed by atoms with E-state index < -0.39 is 0 Å². The van der Waals surface area contributed by atoms with Gasteiger partial charge in [-0.15, -0.1) is 0 Å². The van der Waals surface area contributed by atoms with Crippen molar-refractivity contribution in [3.05, 3.63) is 18.2 Å². The smallest absolute Gasteiger partial charge is 0.117 e. The molecule has 0 aromatic heterocycles. The number of hydrogen-bond donors (Lipinski definition) is 4. The van der Waals surface area contributed by atoms with Gasteiger partial charge in [-0.1, -0.05) is 0 Å². The first-order chi connectivity index (χ1) is 5.24. The monoisotopic (exact) mass is 153 g/mol. The highest BCUT2D eigenvalue weighted by Crippen LogP contribution is 2.21. The third-order valence-electron chi connectivity index (χ3n) is 1.29. The van der Waals surface area contributed by atoms with Crippen LogP contribution in [0.4, 0.5) is 11.4 Å². The van der Waals surface area contributed by atoms with Gasteiger partial charge in [-0.3, -0.25) is 0 Å². The Morgan fingerprint density at radius 1 is 1.45 bits per heavy atom. The number of hydrogen-bond acceptors (Lipinski definition) is 4. The Morgan fingerprint density at radius 3 is 2.73 bits per heavy atom. The van der Waals surface area contributed by atoms with E-state index in [9.17, 15) is 0 Å². The number of phenols is 1. The van der Waals surface area contributed by atoms with Crippen molar-refractivity contribution in [2.24, 2.45) is 0 Å². The second-order valence-electron chi connectivity index (χ2n) is 2.15. The molecule has 0 amide bonds. The molecular weight excluding hydrogens is 142 g/mol. The first-order valence-electron chi connectivity index (χ1n) is 3.25. The Kier molecular flexibility index (Phi) is 2.18. The van der Waals surface area contributed by atoms with E-state index in [-0.39, 0.29) is 5.75 Å². The lowest BCUT2D eigenvalue weighted by Crippen LogP contribution is -2.15. The van der Waals surface area contributed by atoms with Crippen molar-refractivity contribution >= 4 is 11.4 Å². The summed E-state index contributed by atoms with van der Waals surface area (Å²) < 4.78 is 0. The standard InChI is InChI=1S/C7H11N3O/c1-9-10-7-3-2-5(11)4-6(7)8/h2-4,9-11H,8H2,1H3. The summed E-state index contributed by atoms with van der Waals surface area (Å²) in [6, 6.07) is 4.75. The van der Waals surface area contributed by atoms with Crippen LogP contribution in [0.1, 0.15) is 0 Å². The maximum atomic E-state index is 8.98. The van der Waals surface area contributed by atoms with Gasteiger partial charge in [0.1, 0.15) is 5.75 Å². The zero-order valence-electron chi connectivity index (χ0n) is 6.26. The van der Waals surface area contributed by atoms with Crippen LogP contribution in [0.25, 0.3) is 0 Å². The minimum atomic E-state index is 0.171. The van der Waals surface area contributed by atoms with Gasteiger partial charge in [-0.2, -0.15) is 0 Å². The highest BCUT2D eigenvalue weighted by Gasteiger charge is 1.96. The average molecular weight is 153 g/mol. The zero-order chi connectivity index (χ0) is 8.27. The number of anilines is 2. The minimum Gasteiger partial charge on any atom is -0.508 e. The van der Waals surface area contributed by atoms with E-state index in [0.717, 1.165) is 5.69 Å². The first-order valence-corrected chi connectivity index (χ1v) is 3.25. The van der Waals surface area contributed by atoms with E-state index in [0.29, 0.717) is 5.69 Å². The van der Waals surface area contributed by atoms with Crippen LogP contribution in [0.2, 0.25) is 0 Å². The first kappa shape index (κ1) is 7.68. The molecule has 4 nitrogen and oxygen atoms in total. The van der Waals surface area contributed by atoms with E-state index in [1.807, 2.05) is 0 Å². The van der Waals surface area contributed by atoms with Crippen molar-refractivity contribution in [1.82, 2.24) is 5.43 Å². The lowest BCUT2D eigenvalue weighted by Gasteiger charge is -2.06. The van der Waals surface area contributed by atoms with Gasteiger partial charge in [0.2, 0.25) is 0 Å². The summed E-state index contributed by atoms with van der Waals surface area (Å²) in [4.78, 5) is 0. The summed E-state index contributed by atoms with van der Waals surface area (Å²) in [6.45, 7) is 0. The highest BCUT2D eigenvalue weighted by molar-refractivity contribution is 5.67. The number of nitrogens with two attached hydrogens (primary N) is 1. The molecule has 0 fully saturated rings. The van der Waals surface area contributed by atoms with E-state index in [4.69, 9.17) is 10.8 Å². The van der Waals surface area contributed by atoms with E-state index in [1.165, 1.54) is 6.07 Å². The van der Waals surface area contributed by atoms with E-state index in [1.54, 1.807) is 19.2 Å². The second kappa shape index (κ2) is 3.12. The zero-order valence-corrected chi connectivity index (χ0v) is 6.26. The van der Waals surface area contributed by atoms with Crippen molar-refractivity contribution in [3.63, 3.8) is 0 Å². The summed E-state index contributed by atoms with van der Waals surface area (Å²) in [5.41, 5.74) is 12.4. The lowest BCUT2D eigenvalue weighted by molar-refractivity contribution is 0.475. The molecule has 60 valence electrons. The summed E-state index contributed by atoms with van der Waals surface area (Å²) in [5, 5.41) is 8.98. The molecule has 0 radical (unpaired) electrons. The molecule has 0 atom stereocenters. The molecule has 0 saturated heterocycles. The molecule has 0 heterocycles. The molecule has 11 heavy (non-hydrogen) atoms. The second-order valence-corrected chi connectivity index (χ2v) is 2.15. The number of nitrogen functional groups attached to an aromatic ring is 1.